The fraction of sp³-hybridized carbons (Fsp3) is 0.0645. The molecule has 0 unspecified atom stereocenters. The number of methoxy groups -OCH3 is 1. The van der Waals surface area contributed by atoms with Crippen molar-refractivity contribution in [3.05, 3.63) is 125 Å². The van der Waals surface area contributed by atoms with Crippen LogP contribution < -0.4 is 25.0 Å². The van der Waals surface area contributed by atoms with Crippen LogP contribution in [-0.4, -0.2) is 43.6 Å². The third-order valence-electron chi connectivity index (χ3n) is 5.57. The van der Waals surface area contributed by atoms with Crippen LogP contribution in [0, 0.1) is 0 Å². The molecule has 4 rings (SSSR count). The van der Waals surface area contributed by atoms with Gasteiger partial charge in [-0.05, 0) is 60.7 Å². The summed E-state index contributed by atoms with van der Waals surface area (Å²) in [6.45, 7) is -0.327. The van der Waals surface area contributed by atoms with Gasteiger partial charge >= 0.3 is 11.9 Å². The second kappa shape index (κ2) is 13.9. The highest BCUT2D eigenvalue weighted by Crippen LogP contribution is 2.26. The fourth-order valence-electron chi connectivity index (χ4n) is 3.46. The number of ether oxygens (including phenoxy) is 3. The molecule has 2 amide bonds. The first kappa shape index (κ1) is 28.2. The van der Waals surface area contributed by atoms with Crippen LogP contribution in [0.3, 0.4) is 0 Å². The molecular weight excluding hydrogens is 526 g/mol. The number of benzene rings is 4. The van der Waals surface area contributed by atoms with Gasteiger partial charge in [0, 0.05) is 17.2 Å². The van der Waals surface area contributed by atoms with Crippen molar-refractivity contribution in [2.45, 2.75) is 0 Å². The Hall–Kier alpha value is -5.77. The molecule has 10 heteroatoms. The number of amides is 2. The molecule has 41 heavy (non-hydrogen) atoms. The van der Waals surface area contributed by atoms with Crippen LogP contribution >= 0.6 is 0 Å². The monoisotopic (exact) mass is 551 g/mol. The van der Waals surface area contributed by atoms with E-state index in [9.17, 15) is 19.2 Å². The summed E-state index contributed by atoms with van der Waals surface area (Å²) < 4.78 is 16.1. The quantitative estimate of drug-likeness (QED) is 0.132. The Kier molecular flexibility index (Phi) is 9.54. The molecule has 0 bridgehead atoms. The van der Waals surface area contributed by atoms with Crippen LogP contribution in [0.1, 0.15) is 36.6 Å². The summed E-state index contributed by atoms with van der Waals surface area (Å²) in [5.41, 5.74) is 3.64. The van der Waals surface area contributed by atoms with E-state index in [0.29, 0.717) is 28.0 Å². The zero-order valence-corrected chi connectivity index (χ0v) is 21.9. The largest absolute Gasteiger partial charge is 0.497 e. The average molecular weight is 552 g/mol. The summed E-state index contributed by atoms with van der Waals surface area (Å²) in [6, 6.07) is 27.6. The van der Waals surface area contributed by atoms with E-state index in [-0.39, 0.29) is 18.0 Å². The van der Waals surface area contributed by atoms with Gasteiger partial charge in [-0.15, -0.1) is 0 Å². The van der Waals surface area contributed by atoms with Crippen molar-refractivity contribution in [2.24, 2.45) is 5.10 Å². The molecule has 0 saturated heterocycles. The molecule has 4 aromatic carbocycles. The highest BCUT2D eigenvalue weighted by Gasteiger charge is 2.15. The minimum absolute atomic E-state index is 0.0445. The summed E-state index contributed by atoms with van der Waals surface area (Å²) >= 11 is 0. The zero-order chi connectivity index (χ0) is 29.0. The number of carbonyl (C=O) groups excluding carboxylic acids is 4. The van der Waals surface area contributed by atoms with E-state index in [0.717, 1.165) is 0 Å². The zero-order valence-electron chi connectivity index (χ0n) is 21.9. The molecule has 0 saturated carbocycles. The molecule has 0 aliphatic rings. The number of nitrogens with one attached hydrogen (secondary N) is 2. The molecule has 2 N–H and O–H groups in total. The van der Waals surface area contributed by atoms with E-state index in [1.165, 1.54) is 31.5 Å². The Morgan fingerprint density at radius 1 is 0.707 bits per heavy atom. The number of nitrogens with zero attached hydrogens (tertiary/aromatic N) is 1. The predicted molar refractivity (Wildman–Crippen MR) is 150 cm³/mol. The number of hydrogen-bond acceptors (Lipinski definition) is 8. The van der Waals surface area contributed by atoms with Gasteiger partial charge < -0.3 is 19.5 Å². The first-order valence-corrected chi connectivity index (χ1v) is 12.4. The smallest absolute Gasteiger partial charge is 0.343 e. The Balaban J connectivity index is 1.43. The van der Waals surface area contributed by atoms with Gasteiger partial charge in [0.1, 0.15) is 17.2 Å². The maximum absolute atomic E-state index is 12.7. The van der Waals surface area contributed by atoms with Gasteiger partial charge in [0.25, 0.3) is 11.8 Å². The van der Waals surface area contributed by atoms with Gasteiger partial charge in [0.2, 0.25) is 0 Å². The molecule has 0 heterocycles. The number of rotatable bonds is 10. The molecule has 0 fully saturated rings. The van der Waals surface area contributed by atoms with Gasteiger partial charge in [-0.1, -0.05) is 36.4 Å². The molecule has 0 atom stereocenters. The van der Waals surface area contributed by atoms with Crippen LogP contribution in [0.5, 0.6) is 17.2 Å². The van der Waals surface area contributed by atoms with Crippen molar-refractivity contribution in [3.8, 4) is 17.2 Å². The molecule has 0 aromatic heterocycles. The topological polar surface area (TPSA) is 132 Å². The van der Waals surface area contributed by atoms with Crippen molar-refractivity contribution >= 4 is 30.0 Å². The van der Waals surface area contributed by atoms with Crippen molar-refractivity contribution in [1.29, 1.82) is 0 Å². The van der Waals surface area contributed by atoms with Crippen LogP contribution in [0.15, 0.2) is 108 Å². The fourth-order valence-corrected chi connectivity index (χ4v) is 3.46. The second-order valence-corrected chi connectivity index (χ2v) is 8.42. The molecule has 0 radical (unpaired) electrons. The van der Waals surface area contributed by atoms with E-state index >= 15 is 0 Å². The summed E-state index contributed by atoms with van der Waals surface area (Å²) in [5.74, 6) is -1.47. The Morgan fingerprint density at radius 2 is 1.29 bits per heavy atom. The minimum Gasteiger partial charge on any atom is -0.497 e. The summed E-state index contributed by atoms with van der Waals surface area (Å²) in [5, 5.41) is 6.40. The van der Waals surface area contributed by atoms with Crippen molar-refractivity contribution in [2.75, 3.05) is 13.7 Å². The second-order valence-electron chi connectivity index (χ2n) is 8.42. The first-order chi connectivity index (χ1) is 19.9. The van der Waals surface area contributed by atoms with E-state index in [1.807, 2.05) is 0 Å². The lowest BCUT2D eigenvalue weighted by atomic mass is 10.2. The van der Waals surface area contributed by atoms with E-state index in [2.05, 4.69) is 15.8 Å². The summed E-state index contributed by atoms with van der Waals surface area (Å²) in [7, 11) is 1.52. The van der Waals surface area contributed by atoms with Crippen LogP contribution in [0.25, 0.3) is 0 Å². The summed E-state index contributed by atoms with van der Waals surface area (Å²) in [6.07, 6.45) is 1.26. The SMILES string of the molecule is COc1ccc(C(=O)NCC(=O)NN=Cc2ccc(OC(=O)c3ccccc3)cc2OC(=O)c2ccccc2)cc1. The maximum Gasteiger partial charge on any atom is 0.343 e. The highest BCUT2D eigenvalue weighted by molar-refractivity contribution is 5.97. The molecular formula is C31H25N3O7. The van der Waals surface area contributed by atoms with Crippen molar-refractivity contribution in [1.82, 2.24) is 10.7 Å². The van der Waals surface area contributed by atoms with Crippen LogP contribution in [-0.2, 0) is 4.79 Å². The predicted octanol–water partition coefficient (Wildman–Crippen LogP) is 4.01. The van der Waals surface area contributed by atoms with Crippen LogP contribution in [0.4, 0.5) is 0 Å². The lowest BCUT2D eigenvalue weighted by Gasteiger charge is -2.10. The number of esters is 2. The molecule has 0 spiro atoms. The van der Waals surface area contributed by atoms with Crippen molar-refractivity contribution < 1.29 is 33.4 Å². The Bertz CT molecular complexity index is 1550. The maximum atomic E-state index is 12.7. The number of hydrogen-bond donors (Lipinski definition) is 2. The van der Waals surface area contributed by atoms with Crippen LogP contribution in [0.2, 0.25) is 0 Å². The van der Waals surface area contributed by atoms with Gasteiger partial charge in [-0.25, -0.2) is 15.0 Å². The van der Waals surface area contributed by atoms with Crippen molar-refractivity contribution in [3.63, 3.8) is 0 Å². The number of carbonyl (C=O) groups is 4. The van der Waals surface area contributed by atoms with Gasteiger partial charge in [-0.3, -0.25) is 9.59 Å². The summed E-state index contributed by atoms with van der Waals surface area (Å²) in [4.78, 5) is 49.7. The molecule has 4 aromatic rings. The third-order valence-corrected chi connectivity index (χ3v) is 5.57. The standard InChI is InChI=1S/C31H25N3O7/c1-39-25-15-12-21(13-16-25)29(36)32-20-28(35)34-33-19-24-14-17-26(40-30(37)22-8-4-2-5-9-22)18-27(24)41-31(38)23-10-6-3-7-11-23/h2-19H,20H2,1H3,(H,32,36)(H,34,35). The Labute approximate surface area is 235 Å². The lowest BCUT2D eigenvalue weighted by molar-refractivity contribution is -0.120. The highest BCUT2D eigenvalue weighted by atomic mass is 16.5. The van der Waals surface area contributed by atoms with E-state index in [1.54, 1.807) is 84.9 Å². The molecule has 10 nitrogen and oxygen atoms in total. The van der Waals surface area contributed by atoms with Gasteiger partial charge in [0.05, 0.1) is 31.0 Å². The molecule has 0 aliphatic heterocycles. The molecule has 0 aliphatic carbocycles. The van der Waals surface area contributed by atoms with E-state index < -0.39 is 23.8 Å². The third kappa shape index (κ3) is 8.11. The van der Waals surface area contributed by atoms with Gasteiger partial charge in [0.15, 0.2) is 0 Å². The minimum atomic E-state index is -0.642. The normalized spacial score (nSPS) is 10.5. The first-order valence-electron chi connectivity index (χ1n) is 12.4. The Morgan fingerprint density at radius 3 is 1.90 bits per heavy atom. The molecule has 206 valence electrons. The lowest BCUT2D eigenvalue weighted by Crippen LogP contribution is -2.34. The number of hydrazone groups is 1. The van der Waals surface area contributed by atoms with Gasteiger partial charge in [-0.2, -0.15) is 5.10 Å². The van der Waals surface area contributed by atoms with E-state index in [4.69, 9.17) is 14.2 Å². The average Bonchev–Trinajstić information content (AvgIpc) is 3.01.